The number of amides is 1. The highest BCUT2D eigenvalue weighted by atomic mass is 35.5. The molecule has 0 spiro atoms. The first-order valence-corrected chi connectivity index (χ1v) is 6.39. The zero-order valence-electron chi connectivity index (χ0n) is 10.0. The fraction of sp³-hybridized carbons (Fsp3) is 0.917. The van der Waals surface area contributed by atoms with Crippen LogP contribution in [0.15, 0.2) is 0 Å². The van der Waals surface area contributed by atoms with E-state index in [4.69, 9.17) is 10.5 Å². The van der Waals surface area contributed by atoms with Crippen molar-refractivity contribution in [1.82, 2.24) is 4.90 Å². The molecular formula is C12H21ClN2O2. The van der Waals surface area contributed by atoms with Crippen LogP contribution in [-0.4, -0.2) is 43.2 Å². The molecule has 98 valence electrons. The Morgan fingerprint density at radius 3 is 2.41 bits per heavy atom. The van der Waals surface area contributed by atoms with Crippen LogP contribution in [0.1, 0.15) is 19.3 Å². The maximum Gasteiger partial charge on any atom is 0.227 e. The van der Waals surface area contributed by atoms with Gasteiger partial charge in [-0.3, -0.25) is 4.79 Å². The first-order chi connectivity index (χ1) is 7.77. The van der Waals surface area contributed by atoms with Crippen molar-refractivity contribution in [2.45, 2.75) is 25.3 Å². The van der Waals surface area contributed by atoms with Crippen molar-refractivity contribution in [3.63, 3.8) is 0 Å². The van der Waals surface area contributed by atoms with Gasteiger partial charge in [0, 0.05) is 19.1 Å². The van der Waals surface area contributed by atoms with Gasteiger partial charge in [0.25, 0.3) is 0 Å². The van der Waals surface area contributed by atoms with Crippen LogP contribution >= 0.6 is 12.4 Å². The van der Waals surface area contributed by atoms with E-state index in [-0.39, 0.29) is 24.4 Å². The molecule has 1 saturated heterocycles. The number of morpholine rings is 1. The first-order valence-electron chi connectivity index (χ1n) is 6.39. The second-order valence-corrected chi connectivity index (χ2v) is 5.37. The van der Waals surface area contributed by atoms with Crippen LogP contribution in [-0.2, 0) is 9.53 Å². The molecule has 2 bridgehead atoms. The largest absolute Gasteiger partial charge is 0.378 e. The SMILES string of the molecule is Cl.NC1C2CCC(C2)C1C(=O)N1CCOCC1. The third kappa shape index (κ3) is 2.18. The van der Waals surface area contributed by atoms with Crippen molar-refractivity contribution in [3.8, 4) is 0 Å². The standard InChI is InChI=1S/C12H20N2O2.ClH/c13-11-9-2-1-8(7-9)10(11)12(15)14-3-5-16-6-4-14;/h8-11H,1-7,13H2;1H. The highest BCUT2D eigenvalue weighted by Crippen LogP contribution is 2.48. The summed E-state index contributed by atoms with van der Waals surface area (Å²) in [4.78, 5) is 14.3. The van der Waals surface area contributed by atoms with Gasteiger partial charge in [-0.15, -0.1) is 12.4 Å². The van der Waals surface area contributed by atoms with E-state index >= 15 is 0 Å². The Morgan fingerprint density at radius 2 is 1.82 bits per heavy atom. The molecule has 0 aromatic heterocycles. The lowest BCUT2D eigenvalue weighted by Gasteiger charge is -2.34. The Kier molecular flexibility index (Phi) is 3.95. The molecule has 3 aliphatic rings. The monoisotopic (exact) mass is 260 g/mol. The molecule has 2 saturated carbocycles. The number of halogens is 1. The minimum absolute atomic E-state index is 0. The third-order valence-electron chi connectivity index (χ3n) is 4.59. The fourth-order valence-electron chi connectivity index (χ4n) is 3.70. The number of hydrogen-bond donors (Lipinski definition) is 1. The minimum atomic E-state index is 0. The number of carbonyl (C=O) groups excluding carboxylic acids is 1. The van der Waals surface area contributed by atoms with Gasteiger partial charge in [0.2, 0.25) is 5.91 Å². The number of fused-ring (bicyclic) bond motifs is 2. The molecule has 2 N–H and O–H groups in total. The molecule has 5 heteroatoms. The van der Waals surface area contributed by atoms with Gasteiger partial charge < -0.3 is 15.4 Å². The summed E-state index contributed by atoms with van der Waals surface area (Å²) in [7, 11) is 0. The maximum absolute atomic E-state index is 12.4. The molecule has 1 heterocycles. The summed E-state index contributed by atoms with van der Waals surface area (Å²) >= 11 is 0. The van der Waals surface area contributed by atoms with Gasteiger partial charge in [-0.05, 0) is 31.1 Å². The van der Waals surface area contributed by atoms with Gasteiger partial charge >= 0.3 is 0 Å². The Balaban J connectivity index is 0.00000108. The van der Waals surface area contributed by atoms with Gasteiger partial charge in [-0.1, -0.05) is 0 Å². The topological polar surface area (TPSA) is 55.6 Å². The van der Waals surface area contributed by atoms with Crippen molar-refractivity contribution >= 4 is 18.3 Å². The van der Waals surface area contributed by atoms with E-state index in [0.717, 1.165) is 13.1 Å². The minimum Gasteiger partial charge on any atom is -0.378 e. The van der Waals surface area contributed by atoms with Crippen LogP contribution in [0.5, 0.6) is 0 Å². The molecule has 1 aliphatic heterocycles. The Bertz CT molecular complexity index is 292. The predicted octanol–water partition coefficient (Wildman–Crippen LogP) is 0.640. The van der Waals surface area contributed by atoms with Crippen molar-refractivity contribution in [1.29, 1.82) is 0 Å². The number of nitrogens with zero attached hydrogens (tertiary/aromatic N) is 1. The number of rotatable bonds is 1. The van der Waals surface area contributed by atoms with Crippen molar-refractivity contribution < 1.29 is 9.53 Å². The van der Waals surface area contributed by atoms with Crippen molar-refractivity contribution in [3.05, 3.63) is 0 Å². The van der Waals surface area contributed by atoms with Crippen LogP contribution < -0.4 is 5.73 Å². The summed E-state index contributed by atoms with van der Waals surface area (Å²) < 4.78 is 5.28. The summed E-state index contributed by atoms with van der Waals surface area (Å²) in [5.41, 5.74) is 6.19. The second kappa shape index (κ2) is 5.12. The summed E-state index contributed by atoms with van der Waals surface area (Å²) in [5, 5.41) is 0. The van der Waals surface area contributed by atoms with Crippen LogP contribution in [0, 0.1) is 17.8 Å². The lowest BCUT2D eigenvalue weighted by molar-refractivity contribution is -0.141. The average Bonchev–Trinajstić information content (AvgIpc) is 2.90. The van der Waals surface area contributed by atoms with E-state index in [1.54, 1.807) is 0 Å². The fourth-order valence-corrected chi connectivity index (χ4v) is 3.70. The molecular weight excluding hydrogens is 240 g/mol. The summed E-state index contributed by atoms with van der Waals surface area (Å²) in [5.74, 6) is 1.58. The Morgan fingerprint density at radius 1 is 1.18 bits per heavy atom. The van der Waals surface area contributed by atoms with Gasteiger partial charge in [-0.25, -0.2) is 0 Å². The molecule has 4 unspecified atom stereocenters. The normalized spacial score (nSPS) is 40.2. The summed E-state index contributed by atoms with van der Waals surface area (Å²) in [6.07, 6.45) is 3.62. The maximum atomic E-state index is 12.4. The highest BCUT2D eigenvalue weighted by Gasteiger charge is 2.50. The van der Waals surface area contributed by atoms with E-state index in [0.29, 0.717) is 31.0 Å². The number of hydrogen-bond acceptors (Lipinski definition) is 3. The van der Waals surface area contributed by atoms with Gasteiger partial charge in [0.15, 0.2) is 0 Å². The van der Waals surface area contributed by atoms with E-state index < -0.39 is 0 Å². The molecule has 2 aliphatic carbocycles. The van der Waals surface area contributed by atoms with Crippen LogP contribution in [0.4, 0.5) is 0 Å². The number of ether oxygens (including phenoxy) is 1. The predicted molar refractivity (Wildman–Crippen MR) is 66.9 cm³/mol. The molecule has 4 atom stereocenters. The number of carbonyl (C=O) groups is 1. The Labute approximate surface area is 108 Å². The molecule has 0 radical (unpaired) electrons. The van der Waals surface area contributed by atoms with Gasteiger partial charge in [0.1, 0.15) is 0 Å². The molecule has 4 nitrogen and oxygen atoms in total. The van der Waals surface area contributed by atoms with Crippen LogP contribution in [0.2, 0.25) is 0 Å². The Hall–Kier alpha value is -0.320. The number of nitrogens with two attached hydrogens (primary N) is 1. The second-order valence-electron chi connectivity index (χ2n) is 5.37. The van der Waals surface area contributed by atoms with E-state index in [1.165, 1.54) is 19.3 Å². The quantitative estimate of drug-likeness (QED) is 0.753. The zero-order chi connectivity index (χ0) is 11.1. The van der Waals surface area contributed by atoms with E-state index in [2.05, 4.69) is 0 Å². The van der Waals surface area contributed by atoms with Crippen molar-refractivity contribution in [2.75, 3.05) is 26.3 Å². The average molecular weight is 261 g/mol. The van der Waals surface area contributed by atoms with Crippen LogP contribution in [0.25, 0.3) is 0 Å². The van der Waals surface area contributed by atoms with E-state index in [9.17, 15) is 4.79 Å². The van der Waals surface area contributed by atoms with Crippen LogP contribution in [0.3, 0.4) is 0 Å². The molecule has 3 rings (SSSR count). The molecule has 0 aromatic rings. The molecule has 0 aromatic carbocycles. The highest BCUT2D eigenvalue weighted by molar-refractivity contribution is 5.85. The third-order valence-corrected chi connectivity index (χ3v) is 4.59. The first kappa shape index (κ1) is 13.1. The molecule has 17 heavy (non-hydrogen) atoms. The lowest BCUT2D eigenvalue weighted by Crippen LogP contribution is -2.50. The summed E-state index contributed by atoms with van der Waals surface area (Å²) in [6, 6.07) is 0.120. The molecule has 3 fully saturated rings. The smallest absolute Gasteiger partial charge is 0.227 e. The van der Waals surface area contributed by atoms with Crippen molar-refractivity contribution in [2.24, 2.45) is 23.5 Å². The summed E-state index contributed by atoms with van der Waals surface area (Å²) in [6.45, 7) is 2.86. The van der Waals surface area contributed by atoms with Gasteiger partial charge in [0.05, 0.1) is 19.1 Å². The van der Waals surface area contributed by atoms with E-state index in [1.807, 2.05) is 4.90 Å². The molecule has 1 amide bonds. The zero-order valence-corrected chi connectivity index (χ0v) is 10.8. The lowest BCUT2D eigenvalue weighted by atomic mass is 9.84. The van der Waals surface area contributed by atoms with Gasteiger partial charge in [-0.2, -0.15) is 0 Å².